The highest BCUT2D eigenvalue weighted by Gasteiger charge is 2.18. The normalized spacial score (nSPS) is 12.1. The number of carbonyl (C=O) groups excluding carboxylic acids is 1. The van der Waals surface area contributed by atoms with Gasteiger partial charge in [-0.1, -0.05) is 0 Å². The van der Waals surface area contributed by atoms with Gasteiger partial charge in [0.1, 0.15) is 6.04 Å². The Morgan fingerprint density at radius 3 is 2.62 bits per heavy atom. The van der Waals surface area contributed by atoms with Gasteiger partial charge in [-0.15, -0.1) is 0 Å². The first-order chi connectivity index (χ1) is 7.61. The molecule has 0 heterocycles. The van der Waals surface area contributed by atoms with Crippen LogP contribution in [0.15, 0.2) is 0 Å². The van der Waals surface area contributed by atoms with Crippen LogP contribution in [0.5, 0.6) is 0 Å². The summed E-state index contributed by atoms with van der Waals surface area (Å²) in [5.74, 6) is -1.57. The molecule has 0 unspecified atom stereocenters. The third-order valence-electron chi connectivity index (χ3n) is 1.82. The molecule has 0 spiro atoms. The Labute approximate surface area is 93.8 Å². The van der Waals surface area contributed by atoms with Crippen molar-refractivity contribution in [2.45, 2.75) is 12.5 Å². The lowest BCUT2D eigenvalue weighted by Gasteiger charge is -2.13. The van der Waals surface area contributed by atoms with Gasteiger partial charge in [-0.3, -0.25) is 4.79 Å². The lowest BCUT2D eigenvalue weighted by Crippen LogP contribution is -2.45. The van der Waals surface area contributed by atoms with Crippen molar-refractivity contribution in [3.05, 3.63) is 0 Å². The summed E-state index contributed by atoms with van der Waals surface area (Å²) in [5, 5.41) is 22.4. The van der Waals surface area contributed by atoms with Crippen molar-refractivity contribution in [2.75, 3.05) is 33.4 Å². The summed E-state index contributed by atoms with van der Waals surface area (Å²) in [5.41, 5.74) is 0. The molecule has 0 aromatic heterocycles. The third-order valence-corrected chi connectivity index (χ3v) is 1.82. The largest absolute Gasteiger partial charge is 0.480 e. The van der Waals surface area contributed by atoms with Crippen LogP contribution in [0.3, 0.4) is 0 Å². The van der Waals surface area contributed by atoms with Gasteiger partial charge in [0, 0.05) is 26.7 Å². The molecular weight excluding hydrogens is 216 g/mol. The van der Waals surface area contributed by atoms with Crippen LogP contribution in [0.1, 0.15) is 6.42 Å². The summed E-state index contributed by atoms with van der Waals surface area (Å²) in [4.78, 5) is 21.9. The van der Waals surface area contributed by atoms with Crippen LogP contribution < -0.4 is 10.6 Å². The molecule has 0 aromatic rings. The molecule has 0 bridgehead atoms. The van der Waals surface area contributed by atoms with E-state index in [2.05, 4.69) is 10.6 Å². The summed E-state index contributed by atoms with van der Waals surface area (Å²) in [6.07, 6.45) is -0.000849. The van der Waals surface area contributed by atoms with Crippen LogP contribution in [-0.2, 0) is 14.3 Å². The SMILES string of the molecule is COCCNCC(=O)N[C@@H](CCO)C(=O)O. The number of amides is 1. The van der Waals surface area contributed by atoms with E-state index in [1.807, 2.05) is 0 Å². The topological polar surface area (TPSA) is 108 Å². The van der Waals surface area contributed by atoms with E-state index in [1.54, 1.807) is 7.11 Å². The molecule has 0 aliphatic carbocycles. The summed E-state index contributed by atoms with van der Waals surface area (Å²) in [6, 6.07) is -1.04. The molecule has 16 heavy (non-hydrogen) atoms. The standard InChI is InChI=1S/C9H18N2O5/c1-16-5-3-10-6-8(13)11-7(2-4-12)9(14)15/h7,10,12H,2-6H2,1H3,(H,11,13)(H,14,15)/t7-/m0/s1. The highest BCUT2D eigenvalue weighted by atomic mass is 16.5. The average Bonchev–Trinajstić information content (AvgIpc) is 2.23. The van der Waals surface area contributed by atoms with Gasteiger partial charge in [-0.2, -0.15) is 0 Å². The summed E-state index contributed by atoms with van der Waals surface area (Å²) >= 11 is 0. The second-order valence-electron chi connectivity index (χ2n) is 3.14. The Morgan fingerprint density at radius 1 is 1.44 bits per heavy atom. The van der Waals surface area contributed by atoms with E-state index in [-0.39, 0.29) is 19.6 Å². The number of carboxylic acid groups (broad SMARTS) is 1. The molecular formula is C9H18N2O5. The summed E-state index contributed by atoms with van der Waals surface area (Å²) in [7, 11) is 1.55. The Kier molecular flexibility index (Phi) is 8.41. The van der Waals surface area contributed by atoms with E-state index < -0.39 is 17.9 Å². The fourth-order valence-corrected chi connectivity index (χ4v) is 1.01. The van der Waals surface area contributed by atoms with Gasteiger partial charge in [0.25, 0.3) is 0 Å². The molecule has 7 heteroatoms. The number of carboxylic acids is 1. The minimum absolute atomic E-state index is 0.000849. The van der Waals surface area contributed by atoms with Gasteiger partial charge in [0.05, 0.1) is 13.2 Å². The first kappa shape index (κ1) is 14.8. The molecule has 0 aliphatic rings. The number of hydrogen-bond donors (Lipinski definition) is 4. The molecule has 0 aliphatic heterocycles. The smallest absolute Gasteiger partial charge is 0.326 e. The second-order valence-corrected chi connectivity index (χ2v) is 3.14. The minimum atomic E-state index is -1.15. The number of carbonyl (C=O) groups is 2. The number of nitrogens with one attached hydrogen (secondary N) is 2. The molecule has 0 fully saturated rings. The van der Waals surface area contributed by atoms with E-state index >= 15 is 0 Å². The highest BCUT2D eigenvalue weighted by molar-refractivity contribution is 5.84. The van der Waals surface area contributed by atoms with Crippen molar-refractivity contribution < 1.29 is 24.5 Å². The van der Waals surface area contributed by atoms with Crippen molar-refractivity contribution in [3.63, 3.8) is 0 Å². The predicted octanol–water partition coefficient (Wildman–Crippen LogP) is -1.83. The van der Waals surface area contributed by atoms with Gasteiger partial charge in [0.2, 0.25) is 5.91 Å². The fraction of sp³-hybridized carbons (Fsp3) is 0.778. The molecule has 94 valence electrons. The van der Waals surface area contributed by atoms with Crippen LogP contribution in [-0.4, -0.2) is 61.5 Å². The number of rotatable bonds is 9. The number of aliphatic hydroxyl groups excluding tert-OH is 1. The summed E-state index contributed by atoms with van der Waals surface area (Å²) < 4.78 is 4.76. The van der Waals surface area contributed by atoms with Gasteiger partial charge in [-0.05, 0) is 0 Å². The number of aliphatic hydroxyl groups is 1. The number of aliphatic carboxylic acids is 1. The molecule has 0 radical (unpaired) electrons. The third kappa shape index (κ3) is 7.16. The van der Waals surface area contributed by atoms with Crippen LogP contribution in [0, 0.1) is 0 Å². The zero-order valence-corrected chi connectivity index (χ0v) is 9.23. The van der Waals surface area contributed by atoms with Crippen molar-refractivity contribution >= 4 is 11.9 Å². The minimum Gasteiger partial charge on any atom is -0.480 e. The lowest BCUT2D eigenvalue weighted by molar-refractivity contribution is -0.142. The van der Waals surface area contributed by atoms with Crippen molar-refractivity contribution in [3.8, 4) is 0 Å². The molecule has 0 rings (SSSR count). The molecule has 7 nitrogen and oxygen atoms in total. The maximum Gasteiger partial charge on any atom is 0.326 e. The first-order valence-electron chi connectivity index (χ1n) is 4.94. The van der Waals surface area contributed by atoms with Crippen LogP contribution >= 0.6 is 0 Å². The fourth-order valence-electron chi connectivity index (χ4n) is 1.01. The van der Waals surface area contributed by atoms with Gasteiger partial charge in [0.15, 0.2) is 0 Å². The van der Waals surface area contributed by atoms with Crippen molar-refractivity contribution in [2.24, 2.45) is 0 Å². The maximum absolute atomic E-state index is 11.2. The van der Waals surface area contributed by atoms with Crippen molar-refractivity contribution in [1.29, 1.82) is 0 Å². The molecule has 1 atom stereocenters. The quantitative estimate of drug-likeness (QED) is 0.350. The Balaban J connectivity index is 3.77. The molecule has 4 N–H and O–H groups in total. The van der Waals surface area contributed by atoms with E-state index in [9.17, 15) is 9.59 Å². The predicted molar refractivity (Wildman–Crippen MR) is 56.0 cm³/mol. The highest BCUT2D eigenvalue weighted by Crippen LogP contribution is 1.90. The number of ether oxygens (including phenoxy) is 1. The van der Waals surface area contributed by atoms with Gasteiger partial charge < -0.3 is 25.6 Å². The Hall–Kier alpha value is -1.18. The maximum atomic E-state index is 11.2. The van der Waals surface area contributed by atoms with Crippen LogP contribution in [0.25, 0.3) is 0 Å². The molecule has 0 saturated carbocycles. The van der Waals surface area contributed by atoms with E-state index in [4.69, 9.17) is 14.9 Å². The van der Waals surface area contributed by atoms with Crippen LogP contribution in [0.2, 0.25) is 0 Å². The molecule has 1 amide bonds. The van der Waals surface area contributed by atoms with Gasteiger partial charge >= 0.3 is 5.97 Å². The monoisotopic (exact) mass is 234 g/mol. The lowest BCUT2D eigenvalue weighted by atomic mass is 10.2. The first-order valence-corrected chi connectivity index (χ1v) is 4.94. The van der Waals surface area contributed by atoms with E-state index in [0.717, 1.165) is 0 Å². The number of methoxy groups -OCH3 is 1. The average molecular weight is 234 g/mol. The number of hydrogen-bond acceptors (Lipinski definition) is 5. The van der Waals surface area contributed by atoms with Gasteiger partial charge in [-0.25, -0.2) is 4.79 Å². The van der Waals surface area contributed by atoms with Crippen molar-refractivity contribution in [1.82, 2.24) is 10.6 Å². The Bertz CT molecular complexity index is 222. The Morgan fingerprint density at radius 2 is 2.12 bits per heavy atom. The van der Waals surface area contributed by atoms with E-state index in [1.165, 1.54) is 0 Å². The zero-order valence-electron chi connectivity index (χ0n) is 9.23. The summed E-state index contributed by atoms with van der Waals surface area (Å²) in [6.45, 7) is 0.737. The molecule has 0 saturated heterocycles. The van der Waals surface area contributed by atoms with E-state index in [0.29, 0.717) is 13.2 Å². The second kappa shape index (κ2) is 9.08. The van der Waals surface area contributed by atoms with Crippen LogP contribution in [0.4, 0.5) is 0 Å². The molecule has 0 aromatic carbocycles. The zero-order chi connectivity index (χ0) is 12.4.